The maximum absolute atomic E-state index is 12.5. The molecule has 0 radical (unpaired) electrons. The molecule has 0 fully saturated rings. The number of hydrogen-bond acceptors (Lipinski definition) is 4. The van der Waals surface area contributed by atoms with Gasteiger partial charge in [0.05, 0.1) is 9.80 Å². The third-order valence-corrected chi connectivity index (χ3v) is 5.30. The molecule has 0 saturated heterocycles. The lowest BCUT2D eigenvalue weighted by Gasteiger charge is -2.07. The molecule has 0 aromatic heterocycles. The van der Waals surface area contributed by atoms with Crippen LogP contribution in [0.25, 0.3) is 6.08 Å². The van der Waals surface area contributed by atoms with Gasteiger partial charge in [-0.15, -0.1) is 0 Å². The van der Waals surface area contributed by atoms with Crippen molar-refractivity contribution in [2.75, 3.05) is 6.61 Å². The fourth-order valence-electron chi connectivity index (χ4n) is 2.34. The van der Waals surface area contributed by atoms with Crippen LogP contribution in [0.2, 0.25) is 0 Å². The second-order valence-corrected chi connectivity index (χ2v) is 6.72. The Bertz CT molecular complexity index is 796. The van der Waals surface area contributed by atoms with Crippen LogP contribution in [0, 0.1) is 0 Å². The lowest BCUT2D eigenvalue weighted by molar-refractivity contribution is 0.359. The molecule has 3 rings (SSSR count). The molecule has 1 aliphatic heterocycles. The number of rotatable bonds is 4. The van der Waals surface area contributed by atoms with Gasteiger partial charge in [0.25, 0.3) is 0 Å². The molecule has 2 N–H and O–H groups in total. The number of benzene rings is 2. The molecule has 21 heavy (non-hydrogen) atoms. The molecule has 0 spiro atoms. The predicted molar refractivity (Wildman–Crippen MR) is 81.4 cm³/mol. The second-order valence-electron chi connectivity index (χ2n) is 4.75. The summed E-state index contributed by atoms with van der Waals surface area (Å²) in [6.07, 6.45) is 1.66. The first kappa shape index (κ1) is 13.9. The monoisotopic (exact) mass is 301 g/mol. The predicted octanol–water partition coefficient (Wildman–Crippen LogP) is 2.35. The molecule has 2 aromatic carbocycles. The Morgan fingerprint density at radius 2 is 1.76 bits per heavy atom. The van der Waals surface area contributed by atoms with Crippen LogP contribution in [0.4, 0.5) is 0 Å². The van der Waals surface area contributed by atoms with Crippen LogP contribution in [-0.4, -0.2) is 15.0 Å². The summed E-state index contributed by atoms with van der Waals surface area (Å²) in [5.41, 5.74) is 7.18. The van der Waals surface area contributed by atoms with Crippen molar-refractivity contribution < 1.29 is 13.2 Å². The first-order valence-electron chi connectivity index (χ1n) is 6.58. The van der Waals surface area contributed by atoms with E-state index in [0.29, 0.717) is 22.8 Å². The summed E-state index contributed by atoms with van der Waals surface area (Å²) >= 11 is 0. The highest BCUT2D eigenvalue weighted by molar-refractivity contribution is 7.95. The van der Waals surface area contributed by atoms with E-state index in [1.807, 2.05) is 24.3 Å². The van der Waals surface area contributed by atoms with E-state index in [1.165, 1.54) is 0 Å². The third kappa shape index (κ3) is 2.46. The Balaban J connectivity index is 1.91. The fourth-order valence-corrected chi connectivity index (χ4v) is 3.84. The number of sulfone groups is 1. The maximum atomic E-state index is 12.5. The molecule has 4 nitrogen and oxygen atoms in total. The second kappa shape index (κ2) is 5.35. The van der Waals surface area contributed by atoms with Crippen molar-refractivity contribution in [3.05, 3.63) is 64.6 Å². The van der Waals surface area contributed by atoms with E-state index < -0.39 is 9.84 Å². The Hall–Kier alpha value is -2.11. The topological polar surface area (TPSA) is 69.4 Å². The van der Waals surface area contributed by atoms with Crippen LogP contribution < -0.4 is 10.5 Å². The zero-order chi connectivity index (χ0) is 14.9. The van der Waals surface area contributed by atoms with Gasteiger partial charge in [-0.25, -0.2) is 8.42 Å². The molecule has 5 heteroatoms. The van der Waals surface area contributed by atoms with Crippen LogP contribution in [0.3, 0.4) is 0 Å². The molecule has 0 saturated carbocycles. The summed E-state index contributed by atoms with van der Waals surface area (Å²) in [4.78, 5) is 0.583. The van der Waals surface area contributed by atoms with Crippen LogP contribution >= 0.6 is 0 Å². The van der Waals surface area contributed by atoms with Gasteiger partial charge in [0.2, 0.25) is 9.84 Å². The summed E-state index contributed by atoms with van der Waals surface area (Å²) in [5.74, 6) is 0.642. The van der Waals surface area contributed by atoms with Crippen LogP contribution in [-0.2, 0) is 16.4 Å². The van der Waals surface area contributed by atoms with Gasteiger partial charge in [-0.05, 0) is 35.4 Å². The Morgan fingerprint density at radius 3 is 2.48 bits per heavy atom. The van der Waals surface area contributed by atoms with E-state index in [2.05, 4.69) is 0 Å². The van der Waals surface area contributed by atoms with Crippen molar-refractivity contribution in [1.82, 2.24) is 0 Å². The lowest BCUT2D eigenvalue weighted by atomic mass is 10.1. The van der Waals surface area contributed by atoms with Gasteiger partial charge < -0.3 is 10.5 Å². The molecule has 108 valence electrons. The molecule has 1 heterocycles. The van der Waals surface area contributed by atoms with Crippen molar-refractivity contribution in [3.8, 4) is 5.75 Å². The SMILES string of the molecule is NCc1cccc2c1C=C(COc1ccccc1)S2(=O)=O. The van der Waals surface area contributed by atoms with Crippen molar-refractivity contribution >= 4 is 15.9 Å². The minimum Gasteiger partial charge on any atom is -0.488 e. The van der Waals surface area contributed by atoms with E-state index in [1.54, 1.807) is 30.3 Å². The summed E-state index contributed by atoms with van der Waals surface area (Å²) < 4.78 is 30.5. The van der Waals surface area contributed by atoms with Crippen molar-refractivity contribution in [3.63, 3.8) is 0 Å². The van der Waals surface area contributed by atoms with Gasteiger partial charge in [0, 0.05) is 6.54 Å². The van der Waals surface area contributed by atoms with Gasteiger partial charge in [-0.3, -0.25) is 0 Å². The number of hydrogen-bond donors (Lipinski definition) is 1. The van der Waals surface area contributed by atoms with Gasteiger partial charge >= 0.3 is 0 Å². The average molecular weight is 301 g/mol. The van der Waals surface area contributed by atoms with Crippen LogP contribution in [0.15, 0.2) is 58.3 Å². The van der Waals surface area contributed by atoms with E-state index in [-0.39, 0.29) is 11.5 Å². The van der Waals surface area contributed by atoms with Crippen molar-refractivity contribution in [2.24, 2.45) is 5.73 Å². The number of fused-ring (bicyclic) bond motifs is 1. The van der Waals surface area contributed by atoms with E-state index in [4.69, 9.17) is 10.5 Å². The highest BCUT2D eigenvalue weighted by Crippen LogP contribution is 2.34. The van der Waals surface area contributed by atoms with Crippen LogP contribution in [0.1, 0.15) is 11.1 Å². The first-order valence-corrected chi connectivity index (χ1v) is 8.06. The normalized spacial score (nSPS) is 15.4. The molecule has 1 aliphatic rings. The Labute approximate surface area is 123 Å². The average Bonchev–Trinajstić information content (AvgIpc) is 2.77. The molecule has 2 aromatic rings. The number of para-hydroxylation sites is 1. The van der Waals surface area contributed by atoms with E-state index in [9.17, 15) is 8.42 Å². The first-order chi connectivity index (χ1) is 10.1. The molecule has 0 bridgehead atoms. The van der Waals surface area contributed by atoms with Crippen molar-refractivity contribution in [2.45, 2.75) is 11.4 Å². The molecular weight excluding hydrogens is 286 g/mol. The molecule has 0 amide bonds. The van der Waals surface area contributed by atoms with Crippen LogP contribution in [0.5, 0.6) is 5.75 Å². The summed E-state index contributed by atoms with van der Waals surface area (Å²) in [7, 11) is -3.47. The molecule has 0 unspecified atom stereocenters. The highest BCUT2D eigenvalue weighted by atomic mass is 32.2. The van der Waals surface area contributed by atoms with Gasteiger partial charge in [-0.2, -0.15) is 0 Å². The van der Waals surface area contributed by atoms with Gasteiger partial charge in [0.15, 0.2) is 0 Å². The van der Waals surface area contributed by atoms with Crippen molar-refractivity contribution in [1.29, 1.82) is 0 Å². The highest BCUT2D eigenvalue weighted by Gasteiger charge is 2.31. The number of ether oxygens (including phenoxy) is 1. The lowest BCUT2D eigenvalue weighted by Crippen LogP contribution is -2.09. The Morgan fingerprint density at radius 1 is 1.00 bits per heavy atom. The summed E-state index contributed by atoms with van der Waals surface area (Å²) in [6.45, 7) is 0.326. The number of nitrogens with two attached hydrogens (primary N) is 1. The molecule has 0 aliphatic carbocycles. The summed E-state index contributed by atoms with van der Waals surface area (Å²) in [5, 5.41) is 0. The molecular formula is C16H15NO3S. The standard InChI is InChI=1S/C16H15NO3S/c17-10-12-5-4-8-16-15(12)9-14(21(16,18)19)11-20-13-6-2-1-3-7-13/h1-9H,10-11,17H2. The fraction of sp³-hybridized carbons (Fsp3) is 0.125. The zero-order valence-electron chi connectivity index (χ0n) is 11.3. The quantitative estimate of drug-likeness (QED) is 0.941. The molecule has 0 atom stereocenters. The minimum absolute atomic E-state index is 0.0189. The maximum Gasteiger partial charge on any atom is 0.206 e. The third-order valence-electron chi connectivity index (χ3n) is 3.44. The minimum atomic E-state index is -3.47. The Kier molecular flexibility index (Phi) is 3.53. The van der Waals surface area contributed by atoms with E-state index >= 15 is 0 Å². The van der Waals surface area contributed by atoms with Gasteiger partial charge in [0.1, 0.15) is 12.4 Å². The summed E-state index contributed by atoms with van der Waals surface area (Å²) in [6, 6.07) is 14.3. The van der Waals surface area contributed by atoms with E-state index in [0.717, 1.165) is 5.56 Å². The van der Waals surface area contributed by atoms with Gasteiger partial charge in [-0.1, -0.05) is 30.3 Å². The smallest absolute Gasteiger partial charge is 0.206 e. The largest absolute Gasteiger partial charge is 0.488 e. The zero-order valence-corrected chi connectivity index (χ0v) is 12.1.